The van der Waals surface area contributed by atoms with Gasteiger partial charge in [0.25, 0.3) is 5.91 Å². The highest BCUT2D eigenvalue weighted by Crippen LogP contribution is 2.26. The summed E-state index contributed by atoms with van der Waals surface area (Å²) in [5.74, 6) is -0.00216. The summed E-state index contributed by atoms with van der Waals surface area (Å²) in [6.45, 7) is 3.81. The maximum Gasteiger partial charge on any atom is 0.253 e. The van der Waals surface area contributed by atoms with Gasteiger partial charge in [-0.1, -0.05) is 36.4 Å². The van der Waals surface area contributed by atoms with Crippen molar-refractivity contribution < 1.29 is 4.79 Å². The third-order valence-corrected chi connectivity index (χ3v) is 3.76. The predicted octanol–water partition coefficient (Wildman–Crippen LogP) is 3.86. The van der Waals surface area contributed by atoms with Gasteiger partial charge in [-0.3, -0.25) is 4.79 Å². The Kier molecular flexibility index (Phi) is 4.32. The molecule has 0 aliphatic carbocycles. The average molecular weight is 292 g/mol. The molecule has 3 heteroatoms. The summed E-state index contributed by atoms with van der Waals surface area (Å²) in [6.07, 6.45) is 0. The second kappa shape index (κ2) is 6.03. The van der Waals surface area contributed by atoms with Crippen molar-refractivity contribution in [1.82, 2.24) is 4.90 Å². The van der Waals surface area contributed by atoms with Crippen LogP contribution in [-0.2, 0) is 5.41 Å². The molecule has 0 unspecified atom stereocenters. The molecule has 22 heavy (non-hydrogen) atoms. The minimum Gasteiger partial charge on any atom is -0.345 e. The van der Waals surface area contributed by atoms with Gasteiger partial charge in [0, 0.05) is 19.7 Å². The van der Waals surface area contributed by atoms with Crippen LogP contribution in [0.3, 0.4) is 0 Å². The molecular formula is C19H20N2O. The Morgan fingerprint density at radius 3 is 1.82 bits per heavy atom. The Labute approximate surface area is 131 Å². The van der Waals surface area contributed by atoms with Gasteiger partial charge >= 0.3 is 0 Å². The molecule has 0 saturated heterocycles. The second-order valence-corrected chi connectivity index (χ2v) is 6.09. The van der Waals surface area contributed by atoms with Crippen LogP contribution in [0.25, 0.3) is 11.1 Å². The van der Waals surface area contributed by atoms with Crippen LogP contribution in [-0.4, -0.2) is 24.9 Å². The maximum absolute atomic E-state index is 11.9. The molecule has 0 radical (unpaired) electrons. The molecule has 0 aromatic heterocycles. The van der Waals surface area contributed by atoms with Crippen molar-refractivity contribution in [2.45, 2.75) is 19.3 Å². The standard InChI is InChI=1S/C19H20N2O/c1-19(2,13-20)17-11-9-15(10-12-17)14-5-7-16(8-6-14)18(22)21(3)4/h5-12H,1-4H3. The van der Waals surface area contributed by atoms with Crippen LogP contribution in [0.5, 0.6) is 0 Å². The monoisotopic (exact) mass is 292 g/mol. The first-order valence-corrected chi connectivity index (χ1v) is 7.19. The molecule has 2 aromatic carbocycles. The topological polar surface area (TPSA) is 44.1 Å². The molecule has 0 heterocycles. The van der Waals surface area contributed by atoms with Crippen molar-refractivity contribution in [3.63, 3.8) is 0 Å². The van der Waals surface area contributed by atoms with Crippen molar-refractivity contribution in [3.8, 4) is 17.2 Å². The summed E-state index contributed by atoms with van der Waals surface area (Å²) < 4.78 is 0. The molecule has 3 nitrogen and oxygen atoms in total. The summed E-state index contributed by atoms with van der Waals surface area (Å²) in [4.78, 5) is 13.4. The van der Waals surface area contributed by atoms with E-state index in [0.29, 0.717) is 5.56 Å². The second-order valence-electron chi connectivity index (χ2n) is 6.09. The number of hydrogen-bond acceptors (Lipinski definition) is 2. The minimum atomic E-state index is -0.486. The Bertz CT molecular complexity index is 705. The van der Waals surface area contributed by atoms with E-state index in [0.717, 1.165) is 16.7 Å². The van der Waals surface area contributed by atoms with Crippen molar-refractivity contribution >= 4 is 5.91 Å². The molecule has 0 spiro atoms. The average Bonchev–Trinajstić information content (AvgIpc) is 2.54. The van der Waals surface area contributed by atoms with E-state index < -0.39 is 5.41 Å². The Balaban J connectivity index is 2.26. The van der Waals surface area contributed by atoms with Crippen LogP contribution in [0.15, 0.2) is 48.5 Å². The van der Waals surface area contributed by atoms with Crippen molar-refractivity contribution in [1.29, 1.82) is 5.26 Å². The molecule has 112 valence electrons. The van der Waals surface area contributed by atoms with E-state index in [-0.39, 0.29) is 5.91 Å². The first-order valence-electron chi connectivity index (χ1n) is 7.19. The number of nitrogens with zero attached hydrogens (tertiary/aromatic N) is 2. The maximum atomic E-state index is 11.9. The number of amides is 1. The van der Waals surface area contributed by atoms with E-state index in [1.54, 1.807) is 19.0 Å². The van der Waals surface area contributed by atoms with E-state index in [2.05, 4.69) is 6.07 Å². The quantitative estimate of drug-likeness (QED) is 0.862. The normalized spacial score (nSPS) is 10.9. The molecule has 0 aliphatic heterocycles. The van der Waals surface area contributed by atoms with Gasteiger partial charge < -0.3 is 4.90 Å². The van der Waals surface area contributed by atoms with Crippen LogP contribution in [0.1, 0.15) is 29.8 Å². The zero-order valence-electron chi connectivity index (χ0n) is 13.4. The fraction of sp³-hybridized carbons (Fsp3) is 0.263. The predicted molar refractivity (Wildman–Crippen MR) is 88.5 cm³/mol. The molecule has 0 fully saturated rings. The Morgan fingerprint density at radius 1 is 0.955 bits per heavy atom. The Morgan fingerprint density at radius 2 is 1.41 bits per heavy atom. The molecule has 2 aromatic rings. The number of benzene rings is 2. The van der Waals surface area contributed by atoms with Gasteiger partial charge in [-0.25, -0.2) is 0 Å². The van der Waals surface area contributed by atoms with Crippen LogP contribution in [0.2, 0.25) is 0 Å². The van der Waals surface area contributed by atoms with Crippen LogP contribution in [0.4, 0.5) is 0 Å². The highest BCUT2D eigenvalue weighted by molar-refractivity contribution is 5.94. The number of nitriles is 1. The van der Waals surface area contributed by atoms with Gasteiger partial charge in [0.15, 0.2) is 0 Å². The summed E-state index contributed by atoms with van der Waals surface area (Å²) in [7, 11) is 3.48. The van der Waals surface area contributed by atoms with Gasteiger partial charge in [-0.2, -0.15) is 5.26 Å². The molecule has 0 atom stereocenters. The summed E-state index contributed by atoms with van der Waals surface area (Å²) >= 11 is 0. The molecule has 0 aliphatic rings. The minimum absolute atomic E-state index is 0.00216. The zero-order valence-corrected chi connectivity index (χ0v) is 13.4. The molecule has 0 saturated carbocycles. The third-order valence-electron chi connectivity index (χ3n) is 3.76. The van der Waals surface area contributed by atoms with E-state index in [1.807, 2.05) is 62.4 Å². The lowest BCUT2D eigenvalue weighted by Gasteiger charge is -2.16. The Hall–Kier alpha value is -2.60. The largest absolute Gasteiger partial charge is 0.345 e. The molecule has 1 amide bonds. The van der Waals surface area contributed by atoms with Crippen LogP contribution < -0.4 is 0 Å². The van der Waals surface area contributed by atoms with Crippen molar-refractivity contribution in [3.05, 3.63) is 59.7 Å². The van der Waals surface area contributed by atoms with E-state index in [1.165, 1.54) is 0 Å². The first kappa shape index (κ1) is 15.8. The first-order chi connectivity index (χ1) is 10.3. The lowest BCUT2D eigenvalue weighted by atomic mass is 9.85. The van der Waals surface area contributed by atoms with Gasteiger partial charge in [-0.05, 0) is 42.7 Å². The van der Waals surface area contributed by atoms with E-state index >= 15 is 0 Å². The van der Waals surface area contributed by atoms with Crippen LogP contribution in [0, 0.1) is 11.3 Å². The van der Waals surface area contributed by atoms with Crippen molar-refractivity contribution in [2.24, 2.45) is 0 Å². The number of rotatable bonds is 3. The summed E-state index contributed by atoms with van der Waals surface area (Å²) in [5.41, 5.74) is 3.31. The molecule has 2 rings (SSSR count). The lowest BCUT2D eigenvalue weighted by molar-refractivity contribution is 0.0827. The smallest absolute Gasteiger partial charge is 0.253 e. The van der Waals surface area contributed by atoms with Gasteiger partial charge in [0.1, 0.15) is 0 Å². The highest BCUT2D eigenvalue weighted by Gasteiger charge is 2.19. The van der Waals surface area contributed by atoms with E-state index in [4.69, 9.17) is 0 Å². The molecule has 0 N–H and O–H groups in total. The third kappa shape index (κ3) is 3.17. The number of carbonyl (C=O) groups is 1. The molecular weight excluding hydrogens is 272 g/mol. The van der Waals surface area contributed by atoms with E-state index in [9.17, 15) is 10.1 Å². The van der Waals surface area contributed by atoms with Gasteiger partial charge in [-0.15, -0.1) is 0 Å². The summed E-state index contributed by atoms with van der Waals surface area (Å²) in [5, 5.41) is 9.18. The summed E-state index contributed by atoms with van der Waals surface area (Å²) in [6, 6.07) is 17.9. The zero-order chi connectivity index (χ0) is 16.3. The lowest BCUT2D eigenvalue weighted by Crippen LogP contribution is -2.21. The number of carbonyl (C=O) groups excluding carboxylic acids is 1. The van der Waals surface area contributed by atoms with Gasteiger partial charge in [0.2, 0.25) is 0 Å². The number of hydrogen-bond donors (Lipinski definition) is 0. The SMILES string of the molecule is CN(C)C(=O)c1ccc(-c2ccc(C(C)(C)C#N)cc2)cc1. The van der Waals surface area contributed by atoms with Crippen molar-refractivity contribution in [2.75, 3.05) is 14.1 Å². The highest BCUT2D eigenvalue weighted by atomic mass is 16.2. The fourth-order valence-electron chi connectivity index (χ4n) is 2.21. The fourth-order valence-corrected chi connectivity index (χ4v) is 2.21. The van der Waals surface area contributed by atoms with Gasteiger partial charge in [0.05, 0.1) is 11.5 Å². The molecule has 0 bridgehead atoms. The van der Waals surface area contributed by atoms with Crippen LogP contribution >= 0.6 is 0 Å².